The second kappa shape index (κ2) is 5.17. The fourth-order valence-electron chi connectivity index (χ4n) is 0.995. The highest BCUT2D eigenvalue weighted by Crippen LogP contribution is 1.97. The van der Waals surface area contributed by atoms with Crippen molar-refractivity contribution in [2.75, 3.05) is 6.54 Å². The van der Waals surface area contributed by atoms with Gasteiger partial charge in [0, 0.05) is 12.0 Å². The van der Waals surface area contributed by atoms with Gasteiger partial charge in [0.15, 0.2) is 5.78 Å². The molecule has 0 fully saturated rings. The second-order valence-corrected chi connectivity index (χ2v) is 2.94. The Bertz CT molecular complexity index is 319. The average molecular weight is 191 g/mol. The molecule has 0 aromatic heterocycles. The lowest BCUT2D eigenvalue weighted by atomic mass is 10.2. The van der Waals surface area contributed by atoms with Gasteiger partial charge < -0.3 is 5.32 Å². The number of benzene rings is 1. The van der Waals surface area contributed by atoms with Crippen LogP contribution in [0.3, 0.4) is 0 Å². The van der Waals surface area contributed by atoms with E-state index in [1.54, 1.807) is 31.2 Å². The lowest BCUT2D eigenvalue weighted by Gasteiger charge is -2.02. The van der Waals surface area contributed by atoms with Gasteiger partial charge in [0.2, 0.25) is 0 Å². The predicted octanol–water partition coefficient (Wildman–Crippen LogP) is 1.40. The summed E-state index contributed by atoms with van der Waals surface area (Å²) in [7, 11) is 0. The van der Waals surface area contributed by atoms with Crippen molar-refractivity contribution >= 4 is 11.7 Å². The molecule has 0 aliphatic carbocycles. The van der Waals surface area contributed by atoms with Gasteiger partial charge in [-0.05, 0) is 12.1 Å². The fourth-order valence-corrected chi connectivity index (χ4v) is 0.995. The minimum absolute atomic E-state index is 0.0364. The van der Waals surface area contributed by atoms with Crippen LogP contribution in [-0.2, 0) is 4.79 Å². The Hall–Kier alpha value is -1.64. The van der Waals surface area contributed by atoms with Crippen molar-refractivity contribution in [2.24, 2.45) is 0 Å². The first-order chi connectivity index (χ1) is 6.74. The summed E-state index contributed by atoms with van der Waals surface area (Å²) >= 11 is 0. The van der Waals surface area contributed by atoms with Crippen molar-refractivity contribution in [3.8, 4) is 0 Å². The Labute approximate surface area is 83.1 Å². The van der Waals surface area contributed by atoms with E-state index < -0.39 is 0 Å². The monoisotopic (exact) mass is 191 g/mol. The minimum Gasteiger partial charge on any atom is -0.345 e. The van der Waals surface area contributed by atoms with Crippen LogP contribution in [0.25, 0.3) is 0 Å². The van der Waals surface area contributed by atoms with Crippen molar-refractivity contribution in [1.29, 1.82) is 0 Å². The molecule has 1 rings (SSSR count). The van der Waals surface area contributed by atoms with Crippen LogP contribution in [0.2, 0.25) is 0 Å². The third kappa shape index (κ3) is 3.01. The normalized spacial score (nSPS) is 9.50. The van der Waals surface area contributed by atoms with E-state index in [-0.39, 0.29) is 18.2 Å². The van der Waals surface area contributed by atoms with E-state index in [4.69, 9.17) is 0 Å². The van der Waals surface area contributed by atoms with Crippen molar-refractivity contribution in [3.05, 3.63) is 35.9 Å². The summed E-state index contributed by atoms with van der Waals surface area (Å²) in [5, 5.41) is 2.56. The first-order valence-corrected chi connectivity index (χ1v) is 4.59. The van der Waals surface area contributed by atoms with Gasteiger partial charge >= 0.3 is 0 Å². The molecule has 0 saturated carbocycles. The number of ketones is 1. The molecule has 74 valence electrons. The van der Waals surface area contributed by atoms with Crippen LogP contribution in [0.15, 0.2) is 30.3 Å². The van der Waals surface area contributed by atoms with Gasteiger partial charge in [0.05, 0.1) is 6.54 Å². The second-order valence-electron chi connectivity index (χ2n) is 2.94. The number of amides is 1. The highest BCUT2D eigenvalue weighted by molar-refractivity contribution is 5.96. The van der Waals surface area contributed by atoms with Gasteiger partial charge in [0.25, 0.3) is 5.91 Å². The molecule has 1 aromatic rings. The molecule has 3 nitrogen and oxygen atoms in total. The molecule has 0 saturated heterocycles. The van der Waals surface area contributed by atoms with Crippen LogP contribution in [0.5, 0.6) is 0 Å². The zero-order chi connectivity index (χ0) is 10.4. The summed E-state index contributed by atoms with van der Waals surface area (Å²) in [5.41, 5.74) is 0.580. The molecule has 0 aliphatic rings. The standard InChI is InChI=1S/C11H13NO2/c1-2-10(13)8-12-11(14)9-6-4-3-5-7-9/h3-7H,2,8H2,1H3,(H,12,14). The predicted molar refractivity (Wildman–Crippen MR) is 54.1 cm³/mol. The van der Waals surface area contributed by atoms with Gasteiger partial charge in [-0.2, -0.15) is 0 Å². The summed E-state index contributed by atoms with van der Waals surface area (Å²) in [6.07, 6.45) is 0.453. The highest BCUT2D eigenvalue weighted by Gasteiger charge is 2.05. The summed E-state index contributed by atoms with van der Waals surface area (Å²) in [4.78, 5) is 22.3. The lowest BCUT2D eigenvalue weighted by Crippen LogP contribution is -2.28. The Kier molecular flexibility index (Phi) is 3.85. The Balaban J connectivity index is 2.48. The van der Waals surface area contributed by atoms with E-state index in [9.17, 15) is 9.59 Å². The Morgan fingerprint density at radius 3 is 2.43 bits per heavy atom. The number of rotatable bonds is 4. The average Bonchev–Trinajstić information content (AvgIpc) is 2.26. The molecular formula is C11H13NO2. The number of carbonyl (C=O) groups is 2. The largest absolute Gasteiger partial charge is 0.345 e. The summed E-state index contributed by atoms with van der Waals surface area (Å²) in [6, 6.07) is 8.85. The van der Waals surface area contributed by atoms with Crippen LogP contribution in [0, 0.1) is 0 Å². The highest BCUT2D eigenvalue weighted by atomic mass is 16.2. The number of nitrogens with one attached hydrogen (secondary N) is 1. The minimum atomic E-state index is -0.201. The summed E-state index contributed by atoms with van der Waals surface area (Å²) < 4.78 is 0. The Morgan fingerprint density at radius 2 is 1.86 bits per heavy atom. The molecule has 0 spiro atoms. The molecule has 0 radical (unpaired) electrons. The number of hydrogen-bond donors (Lipinski definition) is 1. The molecule has 1 amide bonds. The molecule has 1 aromatic carbocycles. The van der Waals surface area contributed by atoms with Crippen LogP contribution < -0.4 is 5.32 Å². The van der Waals surface area contributed by atoms with Gasteiger partial charge in [-0.1, -0.05) is 25.1 Å². The molecule has 0 aliphatic heterocycles. The maximum absolute atomic E-state index is 11.4. The van der Waals surface area contributed by atoms with Crippen molar-refractivity contribution < 1.29 is 9.59 Å². The van der Waals surface area contributed by atoms with Crippen LogP contribution in [0.1, 0.15) is 23.7 Å². The van der Waals surface area contributed by atoms with E-state index >= 15 is 0 Å². The van der Waals surface area contributed by atoms with E-state index in [1.165, 1.54) is 0 Å². The van der Waals surface area contributed by atoms with Crippen LogP contribution in [-0.4, -0.2) is 18.2 Å². The molecule has 0 atom stereocenters. The number of hydrogen-bond acceptors (Lipinski definition) is 2. The first kappa shape index (κ1) is 10.4. The van der Waals surface area contributed by atoms with E-state index in [0.717, 1.165) is 0 Å². The van der Waals surface area contributed by atoms with Crippen molar-refractivity contribution in [1.82, 2.24) is 5.32 Å². The SMILES string of the molecule is CCC(=O)CNC(=O)c1ccccc1. The maximum Gasteiger partial charge on any atom is 0.251 e. The molecule has 3 heteroatoms. The van der Waals surface area contributed by atoms with E-state index in [2.05, 4.69) is 5.32 Å². The fraction of sp³-hybridized carbons (Fsp3) is 0.273. The zero-order valence-electron chi connectivity index (χ0n) is 8.12. The van der Waals surface area contributed by atoms with Gasteiger partial charge in [-0.3, -0.25) is 9.59 Å². The van der Waals surface area contributed by atoms with Gasteiger partial charge in [-0.25, -0.2) is 0 Å². The molecule has 14 heavy (non-hydrogen) atoms. The summed E-state index contributed by atoms with van der Waals surface area (Å²) in [5.74, 6) is -0.165. The van der Waals surface area contributed by atoms with Gasteiger partial charge in [-0.15, -0.1) is 0 Å². The van der Waals surface area contributed by atoms with Crippen molar-refractivity contribution in [2.45, 2.75) is 13.3 Å². The molecule has 0 bridgehead atoms. The molecule has 1 N–H and O–H groups in total. The van der Waals surface area contributed by atoms with Crippen LogP contribution >= 0.6 is 0 Å². The van der Waals surface area contributed by atoms with E-state index in [1.807, 2.05) is 6.07 Å². The van der Waals surface area contributed by atoms with E-state index in [0.29, 0.717) is 12.0 Å². The number of Topliss-reactive ketones (excluding diaryl/α,β-unsaturated/α-hetero) is 1. The maximum atomic E-state index is 11.4. The number of carbonyl (C=O) groups excluding carboxylic acids is 2. The Morgan fingerprint density at radius 1 is 1.21 bits per heavy atom. The smallest absolute Gasteiger partial charge is 0.251 e. The third-order valence-electron chi connectivity index (χ3n) is 1.88. The van der Waals surface area contributed by atoms with Crippen LogP contribution in [0.4, 0.5) is 0 Å². The lowest BCUT2D eigenvalue weighted by molar-refractivity contribution is -0.117. The molecular weight excluding hydrogens is 178 g/mol. The molecule has 0 heterocycles. The first-order valence-electron chi connectivity index (χ1n) is 4.59. The van der Waals surface area contributed by atoms with Gasteiger partial charge in [0.1, 0.15) is 0 Å². The van der Waals surface area contributed by atoms with Crippen molar-refractivity contribution in [3.63, 3.8) is 0 Å². The topological polar surface area (TPSA) is 46.2 Å². The quantitative estimate of drug-likeness (QED) is 0.781. The summed E-state index contributed by atoms with van der Waals surface area (Å²) in [6.45, 7) is 1.89. The third-order valence-corrected chi connectivity index (χ3v) is 1.88. The molecule has 0 unspecified atom stereocenters. The zero-order valence-corrected chi connectivity index (χ0v) is 8.12.